The fourth-order valence-corrected chi connectivity index (χ4v) is 3.31. The monoisotopic (exact) mass is 363 g/mol. The van der Waals surface area contributed by atoms with E-state index in [2.05, 4.69) is 5.32 Å². The molecule has 24 heavy (non-hydrogen) atoms. The van der Waals surface area contributed by atoms with Gasteiger partial charge in [-0.3, -0.25) is 19.7 Å². The van der Waals surface area contributed by atoms with E-state index >= 15 is 0 Å². The number of amides is 1. The van der Waals surface area contributed by atoms with E-state index in [0.29, 0.717) is 5.69 Å². The normalized spacial score (nSPS) is 10.8. The minimum atomic E-state index is -0.646. The van der Waals surface area contributed by atoms with Gasteiger partial charge < -0.3 is 9.88 Å². The van der Waals surface area contributed by atoms with Crippen molar-refractivity contribution in [2.75, 3.05) is 5.32 Å². The molecule has 0 unspecified atom stereocenters. The number of anilines is 1. The van der Waals surface area contributed by atoms with E-state index in [9.17, 15) is 19.7 Å². The van der Waals surface area contributed by atoms with Gasteiger partial charge in [0.05, 0.1) is 15.1 Å². The minimum absolute atomic E-state index is 0.0352. The first-order valence-corrected chi connectivity index (χ1v) is 7.91. The van der Waals surface area contributed by atoms with Gasteiger partial charge in [-0.25, -0.2) is 0 Å². The molecular weight excluding hydrogens is 354 g/mol. The molecule has 0 aliphatic rings. The van der Waals surface area contributed by atoms with Crippen LogP contribution in [0.4, 0.5) is 11.4 Å². The van der Waals surface area contributed by atoms with Crippen molar-refractivity contribution in [2.24, 2.45) is 7.05 Å². The van der Waals surface area contributed by atoms with E-state index < -0.39 is 10.8 Å². The molecule has 9 heteroatoms. The first-order chi connectivity index (χ1) is 11.4. The molecule has 0 saturated carbocycles. The second-order valence-electron chi connectivity index (χ2n) is 4.99. The quantitative estimate of drug-likeness (QED) is 0.569. The average Bonchev–Trinajstić information content (AvgIpc) is 2.81. The number of aromatic nitrogens is 1. The smallest absolute Gasteiger partial charge is 0.307 e. The Morgan fingerprint density at radius 1 is 1.29 bits per heavy atom. The Kier molecular flexibility index (Phi) is 4.08. The molecule has 0 radical (unpaired) electrons. The highest BCUT2D eigenvalue weighted by molar-refractivity contribution is 7.16. The second-order valence-corrected chi connectivity index (χ2v) is 6.39. The molecule has 3 aromatic rings. The van der Waals surface area contributed by atoms with Crippen LogP contribution < -0.4 is 10.2 Å². The molecule has 0 fully saturated rings. The summed E-state index contributed by atoms with van der Waals surface area (Å²) < 4.78 is 2.26. The number of carbonyl (C=O) groups excluding carboxylic acids is 1. The van der Waals surface area contributed by atoms with Crippen LogP contribution in [-0.2, 0) is 7.05 Å². The summed E-state index contributed by atoms with van der Waals surface area (Å²) in [6.07, 6.45) is 0. The molecule has 0 atom stereocenters. The van der Waals surface area contributed by atoms with Crippen LogP contribution >= 0.6 is 22.9 Å². The number of aryl methyl sites for hydroxylation is 1. The van der Waals surface area contributed by atoms with Crippen LogP contribution in [0.3, 0.4) is 0 Å². The van der Waals surface area contributed by atoms with Crippen LogP contribution in [0.5, 0.6) is 0 Å². The van der Waals surface area contributed by atoms with E-state index in [1.165, 1.54) is 16.7 Å². The summed E-state index contributed by atoms with van der Waals surface area (Å²) in [7, 11) is 1.67. The van der Waals surface area contributed by atoms with Gasteiger partial charge >= 0.3 is 4.87 Å². The molecule has 0 spiro atoms. The highest BCUT2D eigenvalue weighted by atomic mass is 35.5. The average molecular weight is 364 g/mol. The third kappa shape index (κ3) is 2.89. The Hall–Kier alpha value is -2.71. The molecule has 7 nitrogen and oxygen atoms in total. The number of fused-ring (bicyclic) bond motifs is 1. The number of rotatable bonds is 3. The van der Waals surface area contributed by atoms with Gasteiger partial charge in [0.15, 0.2) is 0 Å². The molecule has 0 bridgehead atoms. The number of hydrogen-bond donors (Lipinski definition) is 1. The molecule has 3 rings (SSSR count). The number of hydrogen-bond acceptors (Lipinski definition) is 5. The minimum Gasteiger partial charge on any atom is -0.322 e. The predicted octanol–water partition coefficient (Wildman–Crippen LogP) is 3.41. The van der Waals surface area contributed by atoms with E-state index in [1.54, 1.807) is 25.2 Å². The fourth-order valence-electron chi connectivity index (χ4n) is 2.21. The van der Waals surface area contributed by atoms with Crippen molar-refractivity contribution in [3.63, 3.8) is 0 Å². The molecule has 1 aromatic heterocycles. The maximum Gasteiger partial charge on any atom is 0.307 e. The molecule has 0 aliphatic carbocycles. The predicted molar refractivity (Wildman–Crippen MR) is 93.1 cm³/mol. The molecule has 1 N–H and O–H groups in total. The molecule has 0 aliphatic heterocycles. The Morgan fingerprint density at radius 3 is 2.75 bits per heavy atom. The number of halogens is 1. The van der Waals surface area contributed by atoms with Gasteiger partial charge in [-0.05, 0) is 30.3 Å². The number of thiazole rings is 1. The van der Waals surface area contributed by atoms with Gasteiger partial charge in [0.25, 0.3) is 11.6 Å². The Labute approximate surface area is 144 Å². The lowest BCUT2D eigenvalue weighted by Gasteiger charge is -2.06. The molecule has 2 aromatic carbocycles. The number of carbonyl (C=O) groups is 1. The zero-order valence-electron chi connectivity index (χ0n) is 12.3. The van der Waals surface area contributed by atoms with Crippen molar-refractivity contribution in [3.8, 4) is 0 Å². The van der Waals surface area contributed by atoms with Gasteiger partial charge in [0.1, 0.15) is 5.02 Å². The SMILES string of the molecule is Cn1c(=O)sc2cc(NC(=O)c3ccc(Cl)c([N+](=O)[O-])c3)ccc21. The lowest BCUT2D eigenvalue weighted by molar-refractivity contribution is -0.384. The van der Waals surface area contributed by atoms with Crippen molar-refractivity contribution in [1.29, 1.82) is 0 Å². The van der Waals surface area contributed by atoms with Crippen LogP contribution in [0.1, 0.15) is 10.4 Å². The molecule has 1 amide bonds. The molecule has 0 saturated heterocycles. The Balaban J connectivity index is 1.91. The van der Waals surface area contributed by atoms with Crippen LogP contribution in [0.25, 0.3) is 10.2 Å². The summed E-state index contributed by atoms with van der Waals surface area (Å²) in [6, 6.07) is 8.91. The molecular formula is C15H10ClN3O4S. The van der Waals surface area contributed by atoms with E-state index in [4.69, 9.17) is 11.6 Å². The zero-order chi connectivity index (χ0) is 17.4. The first-order valence-electron chi connectivity index (χ1n) is 6.71. The van der Waals surface area contributed by atoms with Gasteiger partial charge in [-0.2, -0.15) is 0 Å². The van der Waals surface area contributed by atoms with Crippen molar-refractivity contribution >= 4 is 50.4 Å². The van der Waals surface area contributed by atoms with E-state index in [0.717, 1.165) is 27.6 Å². The number of nitro benzene ring substituents is 1. The maximum absolute atomic E-state index is 12.3. The van der Waals surface area contributed by atoms with Crippen LogP contribution in [0.15, 0.2) is 41.2 Å². The fraction of sp³-hybridized carbons (Fsp3) is 0.0667. The summed E-state index contributed by atoms with van der Waals surface area (Å²) in [5.41, 5.74) is 1.05. The highest BCUT2D eigenvalue weighted by Crippen LogP contribution is 2.26. The van der Waals surface area contributed by atoms with Crippen molar-refractivity contribution in [1.82, 2.24) is 4.57 Å². The summed E-state index contributed by atoms with van der Waals surface area (Å²) in [4.78, 5) is 34.1. The lowest BCUT2D eigenvalue weighted by atomic mass is 10.2. The molecule has 1 heterocycles. The lowest BCUT2D eigenvalue weighted by Crippen LogP contribution is -2.12. The third-order valence-electron chi connectivity index (χ3n) is 3.46. The van der Waals surface area contributed by atoms with E-state index in [-0.39, 0.29) is 21.1 Å². The molecule has 122 valence electrons. The summed E-state index contributed by atoms with van der Waals surface area (Å²) >= 11 is 6.81. The highest BCUT2D eigenvalue weighted by Gasteiger charge is 2.16. The number of nitrogens with one attached hydrogen (secondary N) is 1. The number of nitrogens with zero attached hydrogens (tertiary/aromatic N) is 2. The second kappa shape index (κ2) is 6.06. The summed E-state index contributed by atoms with van der Waals surface area (Å²) in [6.45, 7) is 0. The third-order valence-corrected chi connectivity index (χ3v) is 4.77. The Bertz CT molecular complexity index is 1040. The largest absolute Gasteiger partial charge is 0.322 e. The van der Waals surface area contributed by atoms with Crippen molar-refractivity contribution in [3.05, 3.63) is 66.8 Å². The van der Waals surface area contributed by atoms with Crippen molar-refractivity contribution in [2.45, 2.75) is 0 Å². The number of benzene rings is 2. The zero-order valence-corrected chi connectivity index (χ0v) is 13.9. The van der Waals surface area contributed by atoms with Gasteiger partial charge in [0.2, 0.25) is 0 Å². The van der Waals surface area contributed by atoms with Crippen LogP contribution in [-0.4, -0.2) is 15.4 Å². The van der Waals surface area contributed by atoms with Crippen LogP contribution in [0, 0.1) is 10.1 Å². The summed E-state index contributed by atoms with van der Waals surface area (Å²) in [5, 5.41) is 13.5. The first kappa shape index (κ1) is 16.2. The van der Waals surface area contributed by atoms with Gasteiger partial charge in [0, 0.05) is 24.4 Å². The van der Waals surface area contributed by atoms with E-state index in [1.807, 2.05) is 0 Å². The maximum atomic E-state index is 12.3. The van der Waals surface area contributed by atoms with Crippen LogP contribution in [0.2, 0.25) is 5.02 Å². The van der Waals surface area contributed by atoms with Gasteiger partial charge in [-0.1, -0.05) is 22.9 Å². The van der Waals surface area contributed by atoms with Crippen molar-refractivity contribution < 1.29 is 9.72 Å². The standard InChI is InChI=1S/C15H10ClN3O4S/c1-18-11-5-3-9(7-13(11)24-15(18)21)17-14(20)8-2-4-10(16)12(6-8)19(22)23/h2-7H,1H3,(H,17,20). The topological polar surface area (TPSA) is 94.2 Å². The van der Waals surface area contributed by atoms with Gasteiger partial charge in [-0.15, -0.1) is 0 Å². The Morgan fingerprint density at radius 2 is 2.04 bits per heavy atom. The summed E-state index contributed by atoms with van der Waals surface area (Å²) in [5.74, 6) is -0.502. The number of nitro groups is 1.